The summed E-state index contributed by atoms with van der Waals surface area (Å²) in [7, 11) is 3.16. The molecule has 0 aliphatic carbocycles. The Morgan fingerprint density at radius 3 is 2.33 bits per heavy atom. The van der Waals surface area contributed by atoms with Gasteiger partial charge in [0.2, 0.25) is 0 Å². The molecule has 1 aliphatic rings. The number of rotatable bonds is 10. The highest BCUT2D eigenvalue weighted by molar-refractivity contribution is 9.10. The molecule has 1 aliphatic heterocycles. The Balaban J connectivity index is 1.45. The third kappa shape index (κ3) is 7.28. The van der Waals surface area contributed by atoms with Gasteiger partial charge in [0, 0.05) is 0 Å². The van der Waals surface area contributed by atoms with Crippen LogP contribution in [0.4, 0.5) is 5.69 Å². The molecule has 1 amide bonds. The van der Waals surface area contributed by atoms with Gasteiger partial charge in [0.05, 0.1) is 41.4 Å². The number of amides is 1. The fourth-order valence-electron chi connectivity index (χ4n) is 4.28. The van der Waals surface area contributed by atoms with Crippen LogP contribution in [0.5, 0.6) is 17.2 Å². The molecule has 1 N–H and O–H groups in total. The molecule has 1 fully saturated rings. The summed E-state index contributed by atoms with van der Waals surface area (Å²) in [5.41, 5.74) is 3.37. The summed E-state index contributed by atoms with van der Waals surface area (Å²) in [6.07, 6.45) is 1.79. The number of hydrogen-bond donors (Lipinski definition) is 1. The second-order valence-electron chi connectivity index (χ2n) is 9.40. The van der Waals surface area contributed by atoms with Crippen LogP contribution in [0.1, 0.15) is 27.0 Å². The van der Waals surface area contributed by atoms with Crippen LogP contribution < -0.4 is 14.2 Å². The maximum absolute atomic E-state index is 13.7. The maximum Gasteiger partial charge on any atom is 0.335 e. The summed E-state index contributed by atoms with van der Waals surface area (Å²) >= 11 is 4.86. The average Bonchev–Trinajstić information content (AvgIpc) is 3.30. The smallest absolute Gasteiger partial charge is 0.335 e. The predicted molar refractivity (Wildman–Crippen MR) is 171 cm³/mol. The lowest BCUT2D eigenvalue weighted by atomic mass is 10.1. The number of aliphatic imine (C=N–C) groups is 1. The molecule has 0 bridgehead atoms. The van der Waals surface area contributed by atoms with Crippen molar-refractivity contribution in [2.75, 3.05) is 14.2 Å². The first kappa shape index (κ1) is 29.9. The zero-order valence-corrected chi connectivity index (χ0v) is 25.7. The van der Waals surface area contributed by atoms with E-state index in [0.29, 0.717) is 44.1 Å². The summed E-state index contributed by atoms with van der Waals surface area (Å²) in [5.74, 6) is 0.552. The van der Waals surface area contributed by atoms with E-state index in [4.69, 9.17) is 19.2 Å². The third-order valence-electron chi connectivity index (χ3n) is 6.50. The first-order chi connectivity index (χ1) is 20.8. The van der Waals surface area contributed by atoms with E-state index in [-0.39, 0.29) is 18.0 Å². The molecule has 43 heavy (non-hydrogen) atoms. The van der Waals surface area contributed by atoms with Crippen LogP contribution in [0.25, 0.3) is 6.08 Å². The summed E-state index contributed by atoms with van der Waals surface area (Å²) in [6.45, 7) is 0.593. The number of nitrogens with zero attached hydrogens (tertiary/aromatic N) is 2. The van der Waals surface area contributed by atoms with Gasteiger partial charge in [0.15, 0.2) is 16.7 Å². The Hall–Kier alpha value is -4.54. The monoisotopic (exact) mass is 658 g/mol. The number of carbonyl (C=O) groups excluding carboxylic acids is 1. The third-order valence-corrected chi connectivity index (χ3v) is 8.10. The molecule has 218 valence electrons. The van der Waals surface area contributed by atoms with Gasteiger partial charge in [-0.2, -0.15) is 0 Å². The van der Waals surface area contributed by atoms with E-state index >= 15 is 0 Å². The molecule has 0 spiro atoms. The van der Waals surface area contributed by atoms with E-state index in [0.717, 1.165) is 16.7 Å². The molecule has 10 heteroatoms. The molecule has 8 nitrogen and oxygen atoms in total. The molecule has 1 heterocycles. The highest BCUT2D eigenvalue weighted by Crippen LogP contribution is 2.40. The zero-order chi connectivity index (χ0) is 30.3. The SMILES string of the molecule is COc1ccc(N=C2S/C(=C\c3cc(Br)c(OCc4ccccc4)c(OC)c3)C(=O)N2Cc2ccc(C(=O)O)cc2)cc1. The quantitative estimate of drug-likeness (QED) is 0.176. The molecular formula is C33H27BrN2O6S. The fraction of sp³-hybridized carbons (Fsp3) is 0.121. The Morgan fingerprint density at radius 1 is 0.953 bits per heavy atom. The van der Waals surface area contributed by atoms with Gasteiger partial charge < -0.3 is 19.3 Å². The van der Waals surface area contributed by atoms with Crippen molar-refractivity contribution < 1.29 is 28.9 Å². The number of aromatic carboxylic acids is 1. The van der Waals surface area contributed by atoms with E-state index in [1.54, 1.807) is 49.5 Å². The van der Waals surface area contributed by atoms with Gasteiger partial charge >= 0.3 is 5.97 Å². The highest BCUT2D eigenvalue weighted by Gasteiger charge is 2.33. The van der Waals surface area contributed by atoms with Gasteiger partial charge in [-0.1, -0.05) is 42.5 Å². The first-order valence-electron chi connectivity index (χ1n) is 13.1. The number of carbonyl (C=O) groups is 2. The topological polar surface area (TPSA) is 97.7 Å². The Labute approximate surface area is 261 Å². The lowest BCUT2D eigenvalue weighted by molar-refractivity contribution is -0.122. The molecule has 4 aromatic carbocycles. The molecule has 4 aromatic rings. The van der Waals surface area contributed by atoms with Crippen LogP contribution in [0, 0.1) is 0 Å². The number of amidine groups is 1. The largest absolute Gasteiger partial charge is 0.497 e. The lowest BCUT2D eigenvalue weighted by Crippen LogP contribution is -2.28. The molecule has 0 saturated carbocycles. The molecule has 0 aromatic heterocycles. The van der Waals surface area contributed by atoms with Crippen molar-refractivity contribution in [3.05, 3.63) is 123 Å². The number of hydrogen-bond acceptors (Lipinski definition) is 7. The number of benzene rings is 4. The van der Waals surface area contributed by atoms with Crippen molar-refractivity contribution in [3.8, 4) is 17.2 Å². The molecule has 5 rings (SSSR count). The summed E-state index contributed by atoms with van der Waals surface area (Å²) in [4.78, 5) is 31.8. The fourth-order valence-corrected chi connectivity index (χ4v) is 5.85. The number of methoxy groups -OCH3 is 2. The molecule has 0 atom stereocenters. The Bertz CT molecular complexity index is 1690. The van der Waals surface area contributed by atoms with E-state index in [1.807, 2.05) is 54.6 Å². The first-order valence-corrected chi connectivity index (χ1v) is 14.8. The van der Waals surface area contributed by atoms with Crippen LogP contribution >= 0.6 is 27.7 Å². The summed E-state index contributed by atoms with van der Waals surface area (Å²) in [6, 6.07) is 27.2. The molecular weight excluding hydrogens is 632 g/mol. The van der Waals surface area contributed by atoms with Crippen molar-refractivity contribution in [1.82, 2.24) is 4.90 Å². The number of thioether (sulfide) groups is 1. The molecule has 1 saturated heterocycles. The minimum Gasteiger partial charge on any atom is -0.497 e. The van der Waals surface area contributed by atoms with Crippen molar-refractivity contribution in [2.24, 2.45) is 4.99 Å². The van der Waals surface area contributed by atoms with Crippen molar-refractivity contribution in [3.63, 3.8) is 0 Å². The van der Waals surface area contributed by atoms with Gasteiger partial charge in [0.25, 0.3) is 5.91 Å². The maximum atomic E-state index is 13.7. The van der Waals surface area contributed by atoms with Crippen LogP contribution in [0.2, 0.25) is 0 Å². The van der Waals surface area contributed by atoms with E-state index in [1.165, 1.54) is 23.9 Å². The summed E-state index contributed by atoms with van der Waals surface area (Å²) in [5, 5.41) is 9.75. The number of carboxylic acid groups (broad SMARTS) is 1. The van der Waals surface area contributed by atoms with Gasteiger partial charge in [-0.3, -0.25) is 9.69 Å². The lowest BCUT2D eigenvalue weighted by Gasteiger charge is -2.16. The minimum absolute atomic E-state index is 0.175. The van der Waals surface area contributed by atoms with E-state index < -0.39 is 5.97 Å². The van der Waals surface area contributed by atoms with Crippen molar-refractivity contribution >= 4 is 56.5 Å². The Morgan fingerprint density at radius 2 is 1.67 bits per heavy atom. The summed E-state index contributed by atoms with van der Waals surface area (Å²) < 4.78 is 17.6. The van der Waals surface area contributed by atoms with Gasteiger partial charge in [0.1, 0.15) is 12.4 Å². The van der Waals surface area contributed by atoms with Gasteiger partial charge in [-0.25, -0.2) is 9.79 Å². The standard InChI is InChI=1S/C33H27BrN2O6S/c1-40-26-14-12-25(13-15-26)35-33-36(19-21-8-10-24(11-9-21)32(38)39)31(37)29(43-33)18-23-16-27(34)30(28(17-23)41-2)42-20-22-6-4-3-5-7-22/h3-18H,19-20H2,1-2H3,(H,38,39)/b29-18-,35-33?. The normalized spacial score (nSPS) is 14.8. The Kier molecular flexibility index (Phi) is 9.48. The molecule has 0 radical (unpaired) electrons. The van der Waals surface area contributed by atoms with Crippen molar-refractivity contribution in [2.45, 2.75) is 13.2 Å². The van der Waals surface area contributed by atoms with E-state index in [9.17, 15) is 14.7 Å². The zero-order valence-electron chi connectivity index (χ0n) is 23.3. The van der Waals surface area contributed by atoms with Crippen LogP contribution in [-0.4, -0.2) is 41.3 Å². The van der Waals surface area contributed by atoms with Crippen LogP contribution in [0.3, 0.4) is 0 Å². The molecule has 0 unspecified atom stereocenters. The number of carboxylic acids is 1. The number of halogens is 1. The number of ether oxygens (including phenoxy) is 3. The predicted octanol–water partition coefficient (Wildman–Crippen LogP) is 7.55. The second kappa shape index (κ2) is 13.6. The van der Waals surface area contributed by atoms with Gasteiger partial charge in [-0.15, -0.1) is 0 Å². The van der Waals surface area contributed by atoms with Crippen molar-refractivity contribution in [1.29, 1.82) is 0 Å². The van der Waals surface area contributed by atoms with Gasteiger partial charge in [-0.05, 0) is 99.0 Å². The van der Waals surface area contributed by atoms with E-state index in [2.05, 4.69) is 15.9 Å². The van der Waals surface area contributed by atoms with Crippen LogP contribution in [-0.2, 0) is 17.9 Å². The van der Waals surface area contributed by atoms with Crippen LogP contribution in [0.15, 0.2) is 105 Å². The second-order valence-corrected chi connectivity index (χ2v) is 11.3. The minimum atomic E-state index is -1.01. The average molecular weight is 660 g/mol. The highest BCUT2D eigenvalue weighted by atomic mass is 79.9.